The van der Waals surface area contributed by atoms with Gasteiger partial charge in [-0.25, -0.2) is 0 Å². The van der Waals surface area contributed by atoms with E-state index in [2.05, 4.69) is 23.9 Å². The molecule has 2 aliphatic rings. The summed E-state index contributed by atoms with van der Waals surface area (Å²) in [6.07, 6.45) is 2.01. The van der Waals surface area contributed by atoms with Crippen molar-refractivity contribution in [3.8, 4) is 0 Å². The summed E-state index contributed by atoms with van der Waals surface area (Å²) in [6.45, 7) is 7.20. The van der Waals surface area contributed by atoms with Crippen molar-refractivity contribution in [3.63, 3.8) is 0 Å². The molecule has 0 amide bonds. The quantitative estimate of drug-likeness (QED) is 0.761. The van der Waals surface area contributed by atoms with E-state index in [9.17, 15) is 8.42 Å². The summed E-state index contributed by atoms with van der Waals surface area (Å²) in [5, 5.41) is 3.17. The van der Waals surface area contributed by atoms with Gasteiger partial charge in [0.25, 0.3) is 10.2 Å². The van der Waals surface area contributed by atoms with Crippen molar-refractivity contribution in [2.24, 2.45) is 11.8 Å². The van der Waals surface area contributed by atoms with E-state index < -0.39 is 10.2 Å². The van der Waals surface area contributed by atoms with E-state index in [0.717, 1.165) is 25.9 Å². The van der Waals surface area contributed by atoms with E-state index in [0.29, 0.717) is 24.9 Å². The summed E-state index contributed by atoms with van der Waals surface area (Å²) in [6, 6.07) is 0.0625. The first-order valence-corrected chi connectivity index (χ1v) is 7.89. The van der Waals surface area contributed by atoms with Crippen LogP contribution in [0.1, 0.15) is 26.7 Å². The predicted molar refractivity (Wildman–Crippen MR) is 67.8 cm³/mol. The van der Waals surface area contributed by atoms with Crippen LogP contribution in [-0.4, -0.2) is 44.9 Å². The molecule has 2 heterocycles. The summed E-state index contributed by atoms with van der Waals surface area (Å²) >= 11 is 0. The average Bonchev–Trinajstić information content (AvgIpc) is 2.68. The third-order valence-corrected chi connectivity index (χ3v) is 5.16. The predicted octanol–water partition coefficient (Wildman–Crippen LogP) is 0.161. The molecule has 2 unspecified atom stereocenters. The number of piperidine rings is 1. The lowest BCUT2D eigenvalue weighted by atomic mass is 9.94. The molecule has 0 aromatic rings. The van der Waals surface area contributed by atoms with Gasteiger partial charge in [-0.15, -0.1) is 0 Å². The molecular formula is C11H23N3O2S. The van der Waals surface area contributed by atoms with Crippen LogP contribution in [0, 0.1) is 11.8 Å². The third kappa shape index (κ3) is 3.40. The number of rotatable bonds is 3. The molecule has 3 atom stereocenters. The molecule has 6 heteroatoms. The molecule has 100 valence electrons. The van der Waals surface area contributed by atoms with Gasteiger partial charge >= 0.3 is 0 Å². The van der Waals surface area contributed by atoms with E-state index in [4.69, 9.17) is 0 Å². The lowest BCUT2D eigenvalue weighted by Gasteiger charge is -2.34. The molecule has 0 spiro atoms. The van der Waals surface area contributed by atoms with Crippen LogP contribution < -0.4 is 10.0 Å². The summed E-state index contributed by atoms with van der Waals surface area (Å²) in [5.74, 6) is 0.911. The van der Waals surface area contributed by atoms with Gasteiger partial charge < -0.3 is 5.32 Å². The monoisotopic (exact) mass is 261 g/mol. The van der Waals surface area contributed by atoms with Crippen LogP contribution in [0.25, 0.3) is 0 Å². The third-order valence-electron chi connectivity index (χ3n) is 3.55. The Labute approximate surface area is 104 Å². The zero-order chi connectivity index (χ0) is 12.5. The topological polar surface area (TPSA) is 61.4 Å². The maximum absolute atomic E-state index is 12.2. The molecular weight excluding hydrogens is 238 g/mol. The summed E-state index contributed by atoms with van der Waals surface area (Å²) in [7, 11) is -3.29. The minimum Gasteiger partial charge on any atom is -0.315 e. The SMILES string of the molecule is CC1CC(C)CN(S(=O)(=O)N[C@H]2CCNC2)C1. The molecule has 0 aromatic heterocycles. The van der Waals surface area contributed by atoms with Crippen LogP contribution in [0.2, 0.25) is 0 Å². The molecule has 2 saturated heterocycles. The molecule has 2 fully saturated rings. The first kappa shape index (κ1) is 13.3. The van der Waals surface area contributed by atoms with Crippen LogP contribution >= 0.6 is 0 Å². The second-order valence-corrected chi connectivity index (χ2v) is 7.28. The Balaban J connectivity index is 1.98. The van der Waals surface area contributed by atoms with E-state index in [-0.39, 0.29) is 6.04 Å². The number of nitrogens with zero attached hydrogens (tertiary/aromatic N) is 1. The van der Waals surface area contributed by atoms with Crippen molar-refractivity contribution in [1.29, 1.82) is 0 Å². The highest BCUT2D eigenvalue weighted by atomic mass is 32.2. The first-order chi connectivity index (χ1) is 7.97. The highest BCUT2D eigenvalue weighted by molar-refractivity contribution is 7.87. The Morgan fingerprint density at radius 2 is 1.88 bits per heavy atom. The van der Waals surface area contributed by atoms with Crippen molar-refractivity contribution in [2.45, 2.75) is 32.7 Å². The van der Waals surface area contributed by atoms with Crippen molar-refractivity contribution in [3.05, 3.63) is 0 Å². The molecule has 0 aliphatic carbocycles. The van der Waals surface area contributed by atoms with Crippen LogP contribution in [0.5, 0.6) is 0 Å². The van der Waals surface area contributed by atoms with Gasteiger partial charge in [-0.2, -0.15) is 17.4 Å². The van der Waals surface area contributed by atoms with E-state index >= 15 is 0 Å². The second-order valence-electron chi connectivity index (χ2n) is 5.58. The summed E-state index contributed by atoms with van der Waals surface area (Å²) < 4.78 is 28.9. The van der Waals surface area contributed by atoms with E-state index in [1.807, 2.05) is 0 Å². The molecule has 2 aliphatic heterocycles. The molecule has 17 heavy (non-hydrogen) atoms. The van der Waals surface area contributed by atoms with Gasteiger partial charge in [-0.3, -0.25) is 0 Å². The van der Waals surface area contributed by atoms with Crippen molar-refractivity contribution < 1.29 is 8.42 Å². The Morgan fingerprint density at radius 3 is 2.41 bits per heavy atom. The van der Waals surface area contributed by atoms with E-state index in [1.54, 1.807) is 4.31 Å². The standard InChI is InChI=1S/C11H23N3O2S/c1-9-5-10(2)8-14(7-9)17(15,16)13-11-3-4-12-6-11/h9-13H,3-8H2,1-2H3/t9?,10?,11-/m0/s1. The zero-order valence-electron chi connectivity index (χ0n) is 10.6. The van der Waals surface area contributed by atoms with Gasteiger partial charge in [-0.05, 0) is 31.2 Å². The Bertz CT molecular complexity index is 342. The van der Waals surface area contributed by atoms with Crippen LogP contribution in [0.15, 0.2) is 0 Å². The number of hydrogen-bond donors (Lipinski definition) is 2. The first-order valence-electron chi connectivity index (χ1n) is 6.45. The largest absolute Gasteiger partial charge is 0.315 e. The molecule has 2 rings (SSSR count). The van der Waals surface area contributed by atoms with Gasteiger partial charge in [0.15, 0.2) is 0 Å². The fourth-order valence-electron chi connectivity index (χ4n) is 2.84. The Kier molecular flexibility index (Phi) is 4.07. The smallest absolute Gasteiger partial charge is 0.279 e. The van der Waals surface area contributed by atoms with Gasteiger partial charge in [0.05, 0.1) is 0 Å². The molecule has 0 saturated carbocycles. The lowest BCUT2D eigenvalue weighted by molar-refractivity contribution is 0.220. The van der Waals surface area contributed by atoms with Gasteiger partial charge in [-0.1, -0.05) is 13.8 Å². The van der Waals surface area contributed by atoms with Crippen molar-refractivity contribution in [1.82, 2.24) is 14.3 Å². The molecule has 2 N–H and O–H groups in total. The summed E-state index contributed by atoms with van der Waals surface area (Å²) in [5.41, 5.74) is 0. The van der Waals surface area contributed by atoms with Gasteiger partial charge in [0, 0.05) is 25.7 Å². The molecule has 0 bridgehead atoms. The van der Waals surface area contributed by atoms with Crippen molar-refractivity contribution in [2.75, 3.05) is 26.2 Å². The number of hydrogen-bond acceptors (Lipinski definition) is 3. The zero-order valence-corrected chi connectivity index (χ0v) is 11.5. The molecule has 0 aromatic carbocycles. The molecule has 0 radical (unpaired) electrons. The normalized spacial score (nSPS) is 36.2. The fraction of sp³-hybridized carbons (Fsp3) is 1.00. The number of nitrogens with one attached hydrogen (secondary N) is 2. The fourth-order valence-corrected chi connectivity index (χ4v) is 4.52. The Morgan fingerprint density at radius 1 is 1.24 bits per heavy atom. The Hall–Kier alpha value is -0.170. The average molecular weight is 261 g/mol. The van der Waals surface area contributed by atoms with Gasteiger partial charge in [0.2, 0.25) is 0 Å². The highest BCUT2D eigenvalue weighted by Crippen LogP contribution is 2.22. The van der Waals surface area contributed by atoms with E-state index in [1.165, 1.54) is 0 Å². The van der Waals surface area contributed by atoms with Crippen LogP contribution in [0.3, 0.4) is 0 Å². The van der Waals surface area contributed by atoms with Crippen LogP contribution in [0.4, 0.5) is 0 Å². The van der Waals surface area contributed by atoms with Gasteiger partial charge in [0.1, 0.15) is 0 Å². The minimum absolute atomic E-state index is 0.0625. The minimum atomic E-state index is -3.29. The van der Waals surface area contributed by atoms with Crippen molar-refractivity contribution >= 4 is 10.2 Å². The highest BCUT2D eigenvalue weighted by Gasteiger charge is 2.32. The maximum atomic E-state index is 12.2. The second kappa shape index (κ2) is 5.22. The maximum Gasteiger partial charge on any atom is 0.279 e. The van der Waals surface area contributed by atoms with Crippen LogP contribution in [-0.2, 0) is 10.2 Å². The summed E-state index contributed by atoms with van der Waals surface area (Å²) in [4.78, 5) is 0. The lowest BCUT2D eigenvalue weighted by Crippen LogP contribution is -2.50. The molecule has 5 nitrogen and oxygen atoms in total.